The number of carbonyl (C=O) groups excluding carboxylic acids is 2. The van der Waals surface area contributed by atoms with E-state index in [0.717, 1.165) is 63.8 Å². The maximum Gasteiger partial charge on any atom is 0.338 e. The van der Waals surface area contributed by atoms with Crippen LogP contribution in [0.15, 0.2) is 36.4 Å². The van der Waals surface area contributed by atoms with E-state index in [2.05, 4.69) is 19.0 Å². The maximum absolute atomic E-state index is 12.9. The molecule has 0 radical (unpaired) electrons. The van der Waals surface area contributed by atoms with Gasteiger partial charge in [-0.2, -0.15) is 0 Å². The second-order valence-corrected chi connectivity index (χ2v) is 10.8. The van der Waals surface area contributed by atoms with Gasteiger partial charge in [-0.3, -0.25) is 0 Å². The molecule has 0 aliphatic carbocycles. The van der Waals surface area contributed by atoms with E-state index >= 15 is 0 Å². The Labute approximate surface area is 239 Å². The summed E-state index contributed by atoms with van der Waals surface area (Å²) in [5.74, 6) is 0.486. The van der Waals surface area contributed by atoms with Gasteiger partial charge in [-0.15, -0.1) is 9.24 Å². The van der Waals surface area contributed by atoms with Crippen molar-refractivity contribution in [1.29, 1.82) is 0 Å². The average molecular weight is 573 g/mol. The van der Waals surface area contributed by atoms with E-state index in [4.69, 9.17) is 23.7 Å². The molecule has 4 rings (SSSR count). The van der Waals surface area contributed by atoms with Crippen molar-refractivity contribution in [2.24, 2.45) is 0 Å². The number of hydrogen-bond acceptors (Lipinski definition) is 9. The van der Waals surface area contributed by atoms with Gasteiger partial charge in [-0.25, -0.2) is 9.59 Å². The minimum Gasteiger partial charge on any atom is -0.493 e. The number of esters is 2. The van der Waals surface area contributed by atoms with Gasteiger partial charge in [0.05, 0.1) is 38.6 Å². The topological polar surface area (TPSA) is 86.8 Å². The smallest absolute Gasteiger partial charge is 0.338 e. The maximum atomic E-state index is 12.9. The summed E-state index contributed by atoms with van der Waals surface area (Å²) in [6.07, 6.45) is 3.64. The molecule has 1 saturated heterocycles. The van der Waals surface area contributed by atoms with E-state index in [0.29, 0.717) is 54.4 Å². The lowest BCUT2D eigenvalue weighted by Gasteiger charge is -2.24. The fourth-order valence-corrected chi connectivity index (χ4v) is 5.28. The molecule has 4 atom stereocenters. The van der Waals surface area contributed by atoms with E-state index in [-0.39, 0.29) is 12.1 Å². The number of benzene rings is 2. The normalized spacial score (nSPS) is 22.9. The molecule has 0 aromatic heterocycles. The second-order valence-electron chi connectivity index (χ2n) is 10.2. The van der Waals surface area contributed by atoms with Crippen LogP contribution in [-0.2, 0) is 9.47 Å². The number of cyclic esters (lactones) is 1. The van der Waals surface area contributed by atoms with Crippen LogP contribution in [0, 0.1) is 0 Å². The van der Waals surface area contributed by atoms with Crippen LogP contribution in [0.25, 0.3) is 0 Å². The largest absolute Gasteiger partial charge is 0.493 e. The zero-order valence-corrected chi connectivity index (χ0v) is 24.7. The van der Waals surface area contributed by atoms with E-state index in [9.17, 15) is 9.59 Å². The average Bonchev–Trinajstić information content (AvgIpc) is 3.20. The van der Waals surface area contributed by atoms with E-state index in [1.165, 1.54) is 14.2 Å². The molecule has 10 heteroatoms. The molecule has 4 unspecified atom stereocenters. The minimum atomic E-state index is -0.424. The van der Waals surface area contributed by atoms with E-state index < -0.39 is 5.97 Å². The highest BCUT2D eigenvalue weighted by molar-refractivity contribution is 7.27. The van der Waals surface area contributed by atoms with Crippen LogP contribution in [0.4, 0.5) is 0 Å². The summed E-state index contributed by atoms with van der Waals surface area (Å²) in [7, 11) is 5.68. The first-order chi connectivity index (χ1) is 19.5. The first-order valence-electron chi connectivity index (χ1n) is 14.0. The van der Waals surface area contributed by atoms with Crippen molar-refractivity contribution in [3.8, 4) is 17.2 Å². The van der Waals surface area contributed by atoms with Crippen LogP contribution in [0.3, 0.4) is 0 Å². The number of fused-ring (bicyclic) bond motifs is 5. The van der Waals surface area contributed by atoms with Gasteiger partial charge in [0.2, 0.25) is 5.75 Å². The van der Waals surface area contributed by atoms with Crippen molar-refractivity contribution in [1.82, 2.24) is 9.80 Å². The molecule has 2 aliphatic rings. The van der Waals surface area contributed by atoms with E-state index in [1.54, 1.807) is 24.3 Å². The molecule has 0 amide bonds. The van der Waals surface area contributed by atoms with Gasteiger partial charge in [0, 0.05) is 26.2 Å². The van der Waals surface area contributed by atoms with Crippen molar-refractivity contribution in [2.45, 2.75) is 38.2 Å². The predicted octanol–water partition coefficient (Wildman–Crippen LogP) is 3.55. The quantitative estimate of drug-likeness (QED) is 0.403. The molecular formula is C30H41N2O7P. The number of rotatable bonds is 4. The molecule has 0 saturated carbocycles. The molecule has 0 spiro atoms. The fourth-order valence-electron chi connectivity index (χ4n) is 5.08. The van der Waals surface area contributed by atoms with Crippen LogP contribution in [-0.4, -0.2) is 94.5 Å². The molecule has 218 valence electrons. The highest BCUT2D eigenvalue weighted by atomic mass is 31.0. The summed E-state index contributed by atoms with van der Waals surface area (Å²) in [4.78, 5) is 30.7. The lowest BCUT2D eigenvalue weighted by Crippen LogP contribution is -2.34. The highest BCUT2D eigenvalue weighted by Gasteiger charge is 2.22. The molecule has 0 N–H and O–H groups in total. The zero-order valence-electron chi connectivity index (χ0n) is 23.6. The Balaban J connectivity index is 1.51. The minimum absolute atomic E-state index is 0.244. The standard InChI is InChI=1S/C30H41N2O7P/c1-35-26-20-23-21-27(28(26)36-2)37-18-3-6-24(39-30(34)22-7-9-25(40)10-8-22)11-15-32-13-4-12-31(16-17-32)14-5-19-38-29(23)33/h7-10,20-21,24H,3-6,11-19,40H2,1-2H3. The van der Waals surface area contributed by atoms with Gasteiger partial charge in [0.15, 0.2) is 11.5 Å². The zero-order chi connectivity index (χ0) is 28.3. The molecule has 2 aliphatic heterocycles. The molecular weight excluding hydrogens is 531 g/mol. The van der Waals surface area contributed by atoms with Gasteiger partial charge >= 0.3 is 11.9 Å². The third-order valence-electron chi connectivity index (χ3n) is 7.33. The lowest BCUT2D eigenvalue weighted by molar-refractivity contribution is 0.0221. The number of carbonyl (C=O) groups is 2. The van der Waals surface area contributed by atoms with Crippen molar-refractivity contribution >= 4 is 26.5 Å². The summed E-state index contributed by atoms with van der Waals surface area (Å²) < 4.78 is 28.6. The predicted molar refractivity (Wildman–Crippen MR) is 156 cm³/mol. The molecule has 2 aromatic rings. The Morgan fingerprint density at radius 1 is 0.850 bits per heavy atom. The van der Waals surface area contributed by atoms with Crippen LogP contribution in [0.1, 0.15) is 52.8 Å². The lowest BCUT2D eigenvalue weighted by atomic mass is 10.1. The summed E-state index contributed by atoms with van der Waals surface area (Å²) in [5, 5.41) is 1.01. The Morgan fingerprint density at radius 3 is 2.27 bits per heavy atom. The molecule has 2 aromatic carbocycles. The first-order valence-corrected chi connectivity index (χ1v) is 14.6. The van der Waals surface area contributed by atoms with Crippen molar-refractivity contribution in [2.75, 3.05) is 66.7 Å². The fraction of sp³-hybridized carbons (Fsp3) is 0.533. The second kappa shape index (κ2) is 15.2. The molecule has 40 heavy (non-hydrogen) atoms. The van der Waals surface area contributed by atoms with Crippen molar-refractivity contribution in [3.05, 3.63) is 47.5 Å². The number of methoxy groups -OCH3 is 2. The Bertz CT molecular complexity index is 1130. The SMILES string of the molecule is COc1cc2cc(c1OC)OCCCC(OC(=O)c1ccc(P)cc1)CCN1CCCN(CCCOC2=O)CC1. The molecule has 1 fully saturated rings. The van der Waals surface area contributed by atoms with Crippen LogP contribution in [0.2, 0.25) is 0 Å². The number of nitrogens with zero attached hydrogens (tertiary/aromatic N) is 2. The Morgan fingerprint density at radius 2 is 1.55 bits per heavy atom. The summed E-state index contributed by atoms with van der Waals surface area (Å²) >= 11 is 0. The third kappa shape index (κ3) is 8.56. The Hall–Kier alpha value is -2.87. The van der Waals surface area contributed by atoms with Gasteiger partial charge in [0.1, 0.15) is 6.10 Å². The van der Waals surface area contributed by atoms with Crippen molar-refractivity contribution in [3.63, 3.8) is 0 Å². The summed E-state index contributed by atoms with van der Waals surface area (Å²) in [6.45, 7) is 6.39. The van der Waals surface area contributed by atoms with Crippen LogP contribution < -0.4 is 19.5 Å². The highest BCUT2D eigenvalue weighted by Crippen LogP contribution is 2.39. The van der Waals surface area contributed by atoms with Crippen LogP contribution >= 0.6 is 9.24 Å². The van der Waals surface area contributed by atoms with Gasteiger partial charge < -0.3 is 33.5 Å². The first kappa shape index (κ1) is 30.1. The monoisotopic (exact) mass is 572 g/mol. The molecule has 4 bridgehead atoms. The number of hydrogen-bond donors (Lipinski definition) is 0. The van der Waals surface area contributed by atoms with Crippen molar-refractivity contribution < 1.29 is 33.3 Å². The van der Waals surface area contributed by atoms with Gasteiger partial charge in [-0.05, 0) is 74.8 Å². The summed E-state index contributed by atoms with van der Waals surface area (Å²) in [6, 6.07) is 10.6. The van der Waals surface area contributed by atoms with Gasteiger partial charge in [0.25, 0.3) is 0 Å². The van der Waals surface area contributed by atoms with E-state index in [1.807, 2.05) is 12.1 Å². The van der Waals surface area contributed by atoms with Crippen LogP contribution in [0.5, 0.6) is 17.2 Å². The third-order valence-corrected chi connectivity index (χ3v) is 7.71. The summed E-state index contributed by atoms with van der Waals surface area (Å²) in [5.41, 5.74) is 0.892. The van der Waals surface area contributed by atoms with Gasteiger partial charge in [-0.1, -0.05) is 12.1 Å². The molecule has 2 heterocycles. The Kier molecular flexibility index (Phi) is 11.5. The molecule has 9 nitrogen and oxygen atoms in total. The number of ether oxygens (including phenoxy) is 5.